The number of phenolic OH excluding ortho intramolecular Hbond substituents is 1. The summed E-state index contributed by atoms with van der Waals surface area (Å²) in [5.41, 5.74) is 3.26. The van der Waals surface area contributed by atoms with E-state index < -0.39 is 0 Å². The zero-order chi connectivity index (χ0) is 14.5. The van der Waals surface area contributed by atoms with Gasteiger partial charge in [-0.3, -0.25) is 4.98 Å². The molecule has 1 aromatic heterocycles. The third-order valence-corrected chi connectivity index (χ3v) is 3.03. The third-order valence-electron chi connectivity index (χ3n) is 3.03. The lowest BCUT2D eigenvalue weighted by Gasteiger charge is -2.06. The van der Waals surface area contributed by atoms with Crippen molar-refractivity contribution in [2.45, 2.75) is 0 Å². The normalized spacial score (nSPS) is 11.3. The molecule has 0 bridgehead atoms. The van der Waals surface area contributed by atoms with Gasteiger partial charge in [-0.05, 0) is 24.3 Å². The third kappa shape index (κ3) is 3.15. The molecule has 0 aliphatic rings. The summed E-state index contributed by atoms with van der Waals surface area (Å²) in [6.45, 7) is 0. The number of aliphatic imine (C=N–C) groups is 1. The maximum atomic E-state index is 9.58. The smallest absolute Gasteiger partial charge is 0.117 e. The first kappa shape index (κ1) is 13.1. The Morgan fingerprint density at radius 3 is 2.38 bits per heavy atom. The number of benzene rings is 2. The van der Waals surface area contributed by atoms with Gasteiger partial charge in [-0.1, -0.05) is 42.5 Å². The highest BCUT2D eigenvalue weighted by Gasteiger charge is 2.08. The van der Waals surface area contributed by atoms with Crippen LogP contribution >= 0.6 is 0 Å². The van der Waals surface area contributed by atoms with Crippen LogP contribution in [-0.4, -0.2) is 15.8 Å². The molecule has 3 rings (SSSR count). The largest absolute Gasteiger partial charge is 0.508 e. The van der Waals surface area contributed by atoms with Crippen molar-refractivity contribution in [3.63, 3.8) is 0 Å². The van der Waals surface area contributed by atoms with E-state index in [9.17, 15) is 5.11 Å². The first-order chi connectivity index (χ1) is 10.3. The Hall–Kier alpha value is -2.94. The van der Waals surface area contributed by atoms with Crippen molar-refractivity contribution in [3.05, 3.63) is 90.3 Å². The van der Waals surface area contributed by atoms with Crippen LogP contribution in [0.3, 0.4) is 0 Å². The van der Waals surface area contributed by atoms with Gasteiger partial charge in [0.2, 0.25) is 0 Å². The first-order valence-electron chi connectivity index (χ1n) is 6.67. The molecule has 1 N–H and O–H groups in total. The van der Waals surface area contributed by atoms with Gasteiger partial charge in [-0.25, -0.2) is 4.99 Å². The van der Waals surface area contributed by atoms with Gasteiger partial charge < -0.3 is 5.11 Å². The van der Waals surface area contributed by atoms with Gasteiger partial charge in [-0.15, -0.1) is 0 Å². The highest BCUT2D eigenvalue weighted by Crippen LogP contribution is 2.21. The van der Waals surface area contributed by atoms with Crippen molar-refractivity contribution in [2.24, 2.45) is 4.99 Å². The summed E-state index contributed by atoms with van der Waals surface area (Å²) in [6, 6.07) is 22.5. The lowest BCUT2D eigenvalue weighted by atomic mass is 10.1. The molecule has 3 heteroatoms. The molecule has 0 atom stereocenters. The van der Waals surface area contributed by atoms with E-state index >= 15 is 0 Å². The molecule has 0 radical (unpaired) electrons. The number of hydrogen-bond donors (Lipinski definition) is 1. The molecular weight excluding hydrogens is 260 g/mol. The lowest BCUT2D eigenvalue weighted by molar-refractivity contribution is 0.475. The minimum absolute atomic E-state index is 0.199. The minimum atomic E-state index is 0.199. The van der Waals surface area contributed by atoms with Crippen LogP contribution in [0.15, 0.2) is 84.0 Å². The Morgan fingerprint density at radius 1 is 0.857 bits per heavy atom. The zero-order valence-corrected chi connectivity index (χ0v) is 11.3. The van der Waals surface area contributed by atoms with Crippen molar-refractivity contribution in [1.29, 1.82) is 0 Å². The maximum Gasteiger partial charge on any atom is 0.117 e. The number of pyridine rings is 1. The van der Waals surface area contributed by atoms with Crippen molar-refractivity contribution < 1.29 is 5.11 Å². The van der Waals surface area contributed by atoms with E-state index in [1.165, 1.54) is 0 Å². The van der Waals surface area contributed by atoms with E-state index in [0.29, 0.717) is 5.69 Å². The zero-order valence-electron chi connectivity index (χ0n) is 11.3. The van der Waals surface area contributed by atoms with Crippen LogP contribution in [0.4, 0.5) is 5.69 Å². The van der Waals surface area contributed by atoms with Crippen molar-refractivity contribution in [1.82, 2.24) is 4.98 Å². The molecule has 2 aromatic carbocycles. The van der Waals surface area contributed by atoms with Gasteiger partial charge >= 0.3 is 0 Å². The summed E-state index contributed by atoms with van der Waals surface area (Å²) in [6.07, 6.45) is 1.75. The Labute approximate surface area is 123 Å². The Bertz CT molecular complexity index is 711. The van der Waals surface area contributed by atoms with Gasteiger partial charge in [0.1, 0.15) is 5.75 Å². The predicted octanol–water partition coefficient (Wildman–Crippen LogP) is 3.96. The number of phenols is 1. The second-order valence-corrected chi connectivity index (χ2v) is 4.56. The molecule has 0 fully saturated rings. The Balaban J connectivity index is 2.13. The van der Waals surface area contributed by atoms with Crippen LogP contribution in [0, 0.1) is 0 Å². The maximum absolute atomic E-state index is 9.58. The number of aromatic hydroxyl groups is 1. The summed E-state index contributed by atoms with van der Waals surface area (Å²) in [4.78, 5) is 9.03. The Morgan fingerprint density at radius 2 is 1.67 bits per heavy atom. The van der Waals surface area contributed by atoms with Gasteiger partial charge in [0.25, 0.3) is 0 Å². The van der Waals surface area contributed by atoms with Gasteiger partial charge in [0, 0.05) is 17.8 Å². The molecular formula is C18H14N2O. The molecule has 0 aliphatic heterocycles. The van der Waals surface area contributed by atoms with Gasteiger partial charge in [0.05, 0.1) is 17.1 Å². The van der Waals surface area contributed by atoms with Crippen LogP contribution in [-0.2, 0) is 0 Å². The quantitative estimate of drug-likeness (QED) is 0.735. The molecule has 0 aliphatic carbocycles. The topological polar surface area (TPSA) is 45.5 Å². The number of aromatic nitrogens is 1. The molecule has 0 unspecified atom stereocenters. The van der Waals surface area contributed by atoms with Crippen molar-refractivity contribution in [2.75, 3.05) is 0 Å². The molecule has 0 saturated carbocycles. The number of rotatable bonds is 3. The van der Waals surface area contributed by atoms with Crippen molar-refractivity contribution >= 4 is 11.4 Å². The van der Waals surface area contributed by atoms with Crippen LogP contribution < -0.4 is 0 Å². The van der Waals surface area contributed by atoms with Gasteiger partial charge in [-0.2, -0.15) is 0 Å². The summed E-state index contributed by atoms with van der Waals surface area (Å²) < 4.78 is 0. The molecule has 102 valence electrons. The summed E-state index contributed by atoms with van der Waals surface area (Å²) >= 11 is 0. The predicted molar refractivity (Wildman–Crippen MR) is 84.1 cm³/mol. The fourth-order valence-electron chi connectivity index (χ4n) is 2.06. The average Bonchev–Trinajstić information content (AvgIpc) is 2.54. The van der Waals surface area contributed by atoms with E-state index in [1.54, 1.807) is 24.4 Å². The summed E-state index contributed by atoms with van der Waals surface area (Å²) in [5, 5.41) is 9.58. The van der Waals surface area contributed by atoms with E-state index in [2.05, 4.69) is 9.98 Å². The minimum Gasteiger partial charge on any atom is -0.508 e. The van der Waals surface area contributed by atoms with E-state index in [4.69, 9.17) is 0 Å². The van der Waals surface area contributed by atoms with Crippen LogP contribution in [0.2, 0.25) is 0 Å². The Kier molecular flexibility index (Phi) is 3.74. The standard InChI is InChI=1S/C18H14N2O/c21-16-10-6-9-15(13-16)20-18(14-7-2-1-3-8-14)17-11-4-5-12-19-17/h1-13,21H. The number of nitrogens with zero attached hydrogens (tertiary/aromatic N) is 2. The average molecular weight is 274 g/mol. The van der Waals surface area contributed by atoms with E-state index in [-0.39, 0.29) is 5.75 Å². The summed E-state index contributed by atoms with van der Waals surface area (Å²) in [5.74, 6) is 0.199. The molecule has 0 amide bonds. The van der Waals surface area contributed by atoms with Crippen molar-refractivity contribution in [3.8, 4) is 5.75 Å². The SMILES string of the molecule is Oc1cccc(N=C(c2ccccc2)c2ccccn2)c1. The monoisotopic (exact) mass is 274 g/mol. The van der Waals surface area contributed by atoms with E-state index in [1.807, 2.05) is 54.6 Å². The lowest BCUT2D eigenvalue weighted by Crippen LogP contribution is -2.04. The second kappa shape index (κ2) is 6.01. The molecule has 21 heavy (non-hydrogen) atoms. The fourth-order valence-corrected chi connectivity index (χ4v) is 2.06. The summed E-state index contributed by atoms with van der Waals surface area (Å²) in [7, 11) is 0. The molecule has 3 nitrogen and oxygen atoms in total. The highest BCUT2D eigenvalue weighted by atomic mass is 16.3. The molecule has 0 spiro atoms. The highest BCUT2D eigenvalue weighted by molar-refractivity contribution is 6.12. The van der Waals surface area contributed by atoms with E-state index in [0.717, 1.165) is 17.0 Å². The van der Waals surface area contributed by atoms with Crippen LogP contribution in [0.5, 0.6) is 5.75 Å². The molecule has 3 aromatic rings. The fraction of sp³-hybridized carbons (Fsp3) is 0. The van der Waals surface area contributed by atoms with Crippen LogP contribution in [0.25, 0.3) is 0 Å². The first-order valence-corrected chi connectivity index (χ1v) is 6.67. The van der Waals surface area contributed by atoms with Crippen LogP contribution in [0.1, 0.15) is 11.3 Å². The number of hydrogen-bond acceptors (Lipinski definition) is 3. The molecule has 1 heterocycles. The van der Waals surface area contributed by atoms with Gasteiger partial charge in [0.15, 0.2) is 0 Å². The second-order valence-electron chi connectivity index (χ2n) is 4.56. The molecule has 0 saturated heterocycles.